The van der Waals surface area contributed by atoms with E-state index in [-0.39, 0.29) is 12.0 Å². The minimum absolute atomic E-state index is 0.139. The number of nitrogens with zero attached hydrogens (tertiary/aromatic N) is 2. The van der Waals surface area contributed by atoms with E-state index in [0.717, 1.165) is 60.1 Å². The summed E-state index contributed by atoms with van der Waals surface area (Å²) in [5.74, 6) is 0.665. The van der Waals surface area contributed by atoms with Crippen LogP contribution in [0.1, 0.15) is 65.2 Å². The largest absolute Gasteiger partial charge is 0.378 e. The molecular formula is C23H31N3O2. The molecule has 2 N–H and O–H groups in total. The Bertz CT molecular complexity index is 868. The number of aryl methyl sites for hydroxylation is 2. The van der Waals surface area contributed by atoms with E-state index in [9.17, 15) is 4.79 Å². The molecule has 0 radical (unpaired) electrons. The zero-order valence-corrected chi connectivity index (χ0v) is 17.0. The van der Waals surface area contributed by atoms with E-state index in [4.69, 9.17) is 15.5 Å². The van der Waals surface area contributed by atoms with Crippen molar-refractivity contribution in [3.63, 3.8) is 0 Å². The summed E-state index contributed by atoms with van der Waals surface area (Å²) in [5.41, 5.74) is 10.8. The maximum Gasteiger partial charge on any atom is 0.254 e. The highest BCUT2D eigenvalue weighted by Gasteiger charge is 2.30. The number of nitrogens with two attached hydrogens (primary N) is 1. The second-order valence-corrected chi connectivity index (χ2v) is 8.35. The van der Waals surface area contributed by atoms with Crippen LogP contribution in [-0.4, -0.2) is 48.1 Å². The summed E-state index contributed by atoms with van der Waals surface area (Å²) < 4.78 is 5.89. The average Bonchev–Trinajstić information content (AvgIpc) is 3.53. The number of carbonyl (C=O) groups is 1. The fourth-order valence-corrected chi connectivity index (χ4v) is 4.20. The number of piperidine rings is 1. The van der Waals surface area contributed by atoms with Gasteiger partial charge in [0.05, 0.1) is 17.2 Å². The quantitative estimate of drug-likeness (QED) is 0.775. The Morgan fingerprint density at radius 1 is 1.18 bits per heavy atom. The fourth-order valence-electron chi connectivity index (χ4n) is 4.20. The van der Waals surface area contributed by atoms with Crippen molar-refractivity contribution >= 4 is 16.8 Å². The van der Waals surface area contributed by atoms with Gasteiger partial charge in [0, 0.05) is 36.7 Å². The molecule has 2 heterocycles. The third-order valence-electron chi connectivity index (χ3n) is 5.93. The summed E-state index contributed by atoms with van der Waals surface area (Å²) >= 11 is 0. The predicted molar refractivity (Wildman–Crippen MR) is 112 cm³/mol. The maximum atomic E-state index is 13.4. The van der Waals surface area contributed by atoms with Crippen molar-refractivity contribution in [2.45, 2.75) is 58.0 Å². The van der Waals surface area contributed by atoms with Crippen molar-refractivity contribution < 1.29 is 9.53 Å². The lowest BCUT2D eigenvalue weighted by Gasteiger charge is -2.32. The number of fused-ring (bicyclic) bond motifs is 1. The van der Waals surface area contributed by atoms with E-state index < -0.39 is 0 Å². The van der Waals surface area contributed by atoms with Gasteiger partial charge in [0.25, 0.3) is 5.91 Å². The molecule has 1 saturated carbocycles. The highest BCUT2D eigenvalue weighted by Crippen LogP contribution is 2.40. The normalized spacial score (nSPS) is 18.0. The van der Waals surface area contributed by atoms with Crippen molar-refractivity contribution in [1.29, 1.82) is 0 Å². The number of rotatable bonds is 6. The van der Waals surface area contributed by atoms with Gasteiger partial charge in [-0.05, 0) is 70.2 Å². The number of benzene rings is 1. The summed E-state index contributed by atoms with van der Waals surface area (Å²) in [6.07, 6.45) is 5.30. The Labute approximate surface area is 167 Å². The summed E-state index contributed by atoms with van der Waals surface area (Å²) in [6, 6.07) is 6.33. The monoisotopic (exact) mass is 381 g/mol. The molecule has 1 aromatic carbocycles. The molecule has 1 amide bonds. The number of ether oxygens (including phenoxy) is 1. The first-order valence-corrected chi connectivity index (χ1v) is 10.6. The standard InChI is InChI=1S/C23H31N3O2/c1-15-12-16(2)22-19(13-15)20(14-21(25-22)17-4-5-17)23(27)26-9-6-18(7-10-26)28-11-3-8-24/h12-14,17-18H,3-11,24H2,1-2H3. The molecule has 4 rings (SSSR count). The molecular weight excluding hydrogens is 350 g/mol. The highest BCUT2D eigenvalue weighted by atomic mass is 16.5. The molecule has 0 unspecified atom stereocenters. The van der Waals surface area contributed by atoms with Crippen LogP contribution in [0, 0.1) is 13.8 Å². The molecule has 1 aliphatic carbocycles. The van der Waals surface area contributed by atoms with E-state index >= 15 is 0 Å². The van der Waals surface area contributed by atoms with Crippen LogP contribution in [0.3, 0.4) is 0 Å². The van der Waals surface area contributed by atoms with Gasteiger partial charge in [0.15, 0.2) is 0 Å². The molecule has 28 heavy (non-hydrogen) atoms. The zero-order chi connectivity index (χ0) is 19.7. The maximum absolute atomic E-state index is 13.4. The van der Waals surface area contributed by atoms with Gasteiger partial charge in [0.1, 0.15) is 0 Å². The number of likely N-dealkylation sites (tertiary alicyclic amines) is 1. The smallest absolute Gasteiger partial charge is 0.254 e. The van der Waals surface area contributed by atoms with Gasteiger partial charge in [-0.3, -0.25) is 9.78 Å². The molecule has 2 aliphatic rings. The third-order valence-corrected chi connectivity index (χ3v) is 5.93. The summed E-state index contributed by atoms with van der Waals surface area (Å²) in [5, 5.41) is 0.994. The molecule has 1 saturated heterocycles. The van der Waals surface area contributed by atoms with Crippen LogP contribution in [0.2, 0.25) is 0 Å². The average molecular weight is 382 g/mol. The third kappa shape index (κ3) is 4.06. The number of hydrogen-bond donors (Lipinski definition) is 1. The molecule has 5 heteroatoms. The van der Waals surface area contributed by atoms with E-state index in [2.05, 4.69) is 32.0 Å². The van der Waals surface area contributed by atoms with Gasteiger partial charge in [-0.1, -0.05) is 11.6 Å². The lowest BCUT2D eigenvalue weighted by Crippen LogP contribution is -2.41. The van der Waals surface area contributed by atoms with E-state index in [1.807, 2.05) is 4.90 Å². The van der Waals surface area contributed by atoms with Crippen molar-refractivity contribution in [2.24, 2.45) is 5.73 Å². The molecule has 1 aromatic heterocycles. The van der Waals surface area contributed by atoms with Gasteiger partial charge in [-0.2, -0.15) is 0 Å². The van der Waals surface area contributed by atoms with E-state index in [1.54, 1.807) is 0 Å². The van der Waals surface area contributed by atoms with Gasteiger partial charge in [-0.15, -0.1) is 0 Å². The molecule has 0 atom stereocenters. The molecule has 2 fully saturated rings. The first-order chi connectivity index (χ1) is 13.6. The molecule has 150 valence electrons. The van der Waals surface area contributed by atoms with Crippen LogP contribution >= 0.6 is 0 Å². The first kappa shape index (κ1) is 19.3. The molecule has 5 nitrogen and oxygen atoms in total. The van der Waals surface area contributed by atoms with Gasteiger partial charge < -0.3 is 15.4 Å². The van der Waals surface area contributed by atoms with E-state index in [0.29, 0.717) is 19.1 Å². The van der Waals surface area contributed by atoms with Crippen molar-refractivity contribution in [3.05, 3.63) is 40.6 Å². The van der Waals surface area contributed by atoms with Crippen molar-refractivity contribution in [2.75, 3.05) is 26.2 Å². The minimum atomic E-state index is 0.139. The summed E-state index contributed by atoms with van der Waals surface area (Å²) in [7, 11) is 0. The topological polar surface area (TPSA) is 68.5 Å². The molecule has 0 bridgehead atoms. The van der Waals surface area contributed by atoms with Crippen LogP contribution in [0.5, 0.6) is 0 Å². The predicted octanol–water partition coefficient (Wildman–Crippen LogP) is 3.70. The van der Waals surface area contributed by atoms with Crippen LogP contribution in [0.4, 0.5) is 0 Å². The lowest BCUT2D eigenvalue weighted by molar-refractivity contribution is 0.00849. The van der Waals surface area contributed by atoms with Gasteiger partial charge in [-0.25, -0.2) is 0 Å². The molecule has 1 aliphatic heterocycles. The van der Waals surface area contributed by atoms with Crippen LogP contribution in [-0.2, 0) is 4.74 Å². The number of amides is 1. The fraction of sp³-hybridized carbons (Fsp3) is 0.565. The lowest BCUT2D eigenvalue weighted by atomic mass is 9.99. The SMILES string of the molecule is Cc1cc(C)c2nc(C3CC3)cc(C(=O)N3CCC(OCCCN)CC3)c2c1. The number of pyridine rings is 1. The van der Waals surface area contributed by atoms with E-state index in [1.165, 1.54) is 18.4 Å². The Hall–Kier alpha value is -1.98. The number of hydrogen-bond acceptors (Lipinski definition) is 4. The van der Waals surface area contributed by atoms with Gasteiger partial charge >= 0.3 is 0 Å². The Morgan fingerprint density at radius 2 is 1.93 bits per heavy atom. The first-order valence-electron chi connectivity index (χ1n) is 10.6. The molecule has 2 aromatic rings. The Morgan fingerprint density at radius 3 is 2.61 bits per heavy atom. The molecule has 0 spiro atoms. The zero-order valence-electron chi connectivity index (χ0n) is 17.0. The number of carbonyl (C=O) groups excluding carboxylic acids is 1. The van der Waals surface area contributed by atoms with Crippen molar-refractivity contribution in [3.8, 4) is 0 Å². The summed E-state index contributed by atoms with van der Waals surface area (Å²) in [6.45, 7) is 7.05. The second kappa shape index (κ2) is 8.18. The van der Waals surface area contributed by atoms with Crippen molar-refractivity contribution in [1.82, 2.24) is 9.88 Å². The minimum Gasteiger partial charge on any atom is -0.378 e. The second-order valence-electron chi connectivity index (χ2n) is 8.35. The highest BCUT2D eigenvalue weighted by molar-refractivity contribution is 6.07. The Kier molecular flexibility index (Phi) is 5.65. The van der Waals surface area contributed by atoms with Crippen LogP contribution < -0.4 is 5.73 Å². The van der Waals surface area contributed by atoms with Crippen LogP contribution in [0.15, 0.2) is 18.2 Å². The Balaban J connectivity index is 1.57. The van der Waals surface area contributed by atoms with Crippen LogP contribution in [0.25, 0.3) is 10.9 Å². The van der Waals surface area contributed by atoms with Gasteiger partial charge in [0.2, 0.25) is 0 Å². The summed E-state index contributed by atoms with van der Waals surface area (Å²) in [4.78, 5) is 20.4. The number of aromatic nitrogens is 1.